The number of ether oxygens (including phenoxy) is 1. The van der Waals surface area contributed by atoms with Crippen molar-refractivity contribution in [2.24, 2.45) is 0 Å². The molecular formula is C15H22N4O2. The van der Waals surface area contributed by atoms with Crippen molar-refractivity contribution in [3.8, 4) is 5.75 Å². The van der Waals surface area contributed by atoms with Crippen molar-refractivity contribution in [1.82, 2.24) is 15.0 Å². The summed E-state index contributed by atoms with van der Waals surface area (Å²) >= 11 is 0. The predicted molar refractivity (Wildman–Crippen MR) is 81.4 cm³/mol. The van der Waals surface area contributed by atoms with Gasteiger partial charge in [0.2, 0.25) is 0 Å². The second kappa shape index (κ2) is 7.64. The standard InChI is InChI=1S/C15H22N4O2/c1-3-21-15-9-12(2)5-6-14(15)16-10-13-11-19(18-17-13)7-4-8-20/h5-6,9,11,16,20H,3-4,7-8,10H2,1-2H3. The molecule has 0 spiro atoms. The Labute approximate surface area is 124 Å². The van der Waals surface area contributed by atoms with Crippen LogP contribution in [0.5, 0.6) is 5.75 Å². The minimum atomic E-state index is 0.161. The third-order valence-corrected chi connectivity index (χ3v) is 3.03. The highest BCUT2D eigenvalue weighted by atomic mass is 16.5. The zero-order valence-corrected chi connectivity index (χ0v) is 12.5. The monoisotopic (exact) mass is 290 g/mol. The average molecular weight is 290 g/mol. The van der Waals surface area contributed by atoms with Gasteiger partial charge in [-0.3, -0.25) is 4.68 Å². The molecule has 0 unspecified atom stereocenters. The minimum absolute atomic E-state index is 0.161. The fourth-order valence-electron chi connectivity index (χ4n) is 2.00. The van der Waals surface area contributed by atoms with Crippen molar-refractivity contribution in [3.63, 3.8) is 0 Å². The Balaban J connectivity index is 1.97. The first-order valence-corrected chi connectivity index (χ1v) is 7.20. The first kappa shape index (κ1) is 15.3. The van der Waals surface area contributed by atoms with Crippen LogP contribution in [0, 0.1) is 6.92 Å². The molecule has 0 saturated carbocycles. The number of aromatic nitrogens is 3. The highest BCUT2D eigenvalue weighted by Crippen LogP contribution is 2.26. The van der Waals surface area contributed by atoms with E-state index in [9.17, 15) is 0 Å². The van der Waals surface area contributed by atoms with Crippen molar-refractivity contribution in [1.29, 1.82) is 0 Å². The first-order valence-electron chi connectivity index (χ1n) is 7.20. The molecular weight excluding hydrogens is 268 g/mol. The molecule has 0 bridgehead atoms. The highest BCUT2D eigenvalue weighted by Gasteiger charge is 2.05. The maximum absolute atomic E-state index is 8.80. The molecule has 6 heteroatoms. The van der Waals surface area contributed by atoms with Crippen LogP contribution in [0.4, 0.5) is 5.69 Å². The summed E-state index contributed by atoms with van der Waals surface area (Å²) in [4.78, 5) is 0. The molecule has 1 aromatic heterocycles. The van der Waals surface area contributed by atoms with Crippen molar-refractivity contribution in [3.05, 3.63) is 35.7 Å². The number of hydrogen-bond donors (Lipinski definition) is 2. The van der Waals surface area contributed by atoms with E-state index in [2.05, 4.69) is 15.6 Å². The van der Waals surface area contributed by atoms with Crippen LogP contribution in [-0.2, 0) is 13.1 Å². The fourth-order valence-corrected chi connectivity index (χ4v) is 2.00. The van der Waals surface area contributed by atoms with Gasteiger partial charge in [0.1, 0.15) is 11.4 Å². The van der Waals surface area contributed by atoms with Crippen molar-refractivity contribution >= 4 is 5.69 Å². The van der Waals surface area contributed by atoms with Gasteiger partial charge in [0.25, 0.3) is 0 Å². The number of aryl methyl sites for hydroxylation is 2. The molecule has 0 saturated heterocycles. The molecule has 2 N–H and O–H groups in total. The van der Waals surface area contributed by atoms with Gasteiger partial charge < -0.3 is 15.2 Å². The van der Waals surface area contributed by atoms with Crippen LogP contribution in [-0.4, -0.2) is 33.3 Å². The summed E-state index contributed by atoms with van der Waals surface area (Å²) in [5, 5.41) is 20.3. The van der Waals surface area contributed by atoms with Gasteiger partial charge in [-0.2, -0.15) is 0 Å². The molecule has 21 heavy (non-hydrogen) atoms. The van der Waals surface area contributed by atoms with E-state index in [1.165, 1.54) is 5.56 Å². The van der Waals surface area contributed by atoms with Crippen LogP contribution < -0.4 is 10.1 Å². The quantitative estimate of drug-likeness (QED) is 0.778. The lowest BCUT2D eigenvalue weighted by atomic mass is 10.2. The van der Waals surface area contributed by atoms with Gasteiger partial charge in [-0.1, -0.05) is 11.3 Å². The van der Waals surface area contributed by atoms with Crippen LogP contribution in [0.2, 0.25) is 0 Å². The smallest absolute Gasteiger partial charge is 0.142 e. The SMILES string of the molecule is CCOc1cc(C)ccc1NCc1cn(CCCO)nn1. The largest absolute Gasteiger partial charge is 0.492 e. The van der Waals surface area contributed by atoms with E-state index in [0.29, 0.717) is 26.1 Å². The van der Waals surface area contributed by atoms with E-state index < -0.39 is 0 Å². The van der Waals surface area contributed by atoms with Gasteiger partial charge in [-0.25, -0.2) is 0 Å². The van der Waals surface area contributed by atoms with Gasteiger partial charge in [-0.15, -0.1) is 5.10 Å². The zero-order valence-electron chi connectivity index (χ0n) is 12.5. The molecule has 0 amide bonds. The molecule has 0 atom stereocenters. The number of anilines is 1. The summed E-state index contributed by atoms with van der Waals surface area (Å²) in [5.41, 5.74) is 2.97. The maximum Gasteiger partial charge on any atom is 0.142 e. The van der Waals surface area contributed by atoms with E-state index in [-0.39, 0.29) is 6.61 Å². The Kier molecular flexibility index (Phi) is 5.57. The number of rotatable bonds is 8. The summed E-state index contributed by atoms with van der Waals surface area (Å²) in [7, 11) is 0. The molecule has 0 aliphatic rings. The summed E-state index contributed by atoms with van der Waals surface area (Å²) in [5.74, 6) is 0.852. The van der Waals surface area contributed by atoms with Crippen LogP contribution in [0.3, 0.4) is 0 Å². The van der Waals surface area contributed by atoms with Crippen molar-refractivity contribution < 1.29 is 9.84 Å². The number of hydrogen-bond acceptors (Lipinski definition) is 5. The van der Waals surface area contributed by atoms with Gasteiger partial charge in [0, 0.05) is 13.2 Å². The van der Waals surface area contributed by atoms with E-state index in [0.717, 1.165) is 17.1 Å². The van der Waals surface area contributed by atoms with Crippen LogP contribution >= 0.6 is 0 Å². The molecule has 0 radical (unpaired) electrons. The molecule has 0 fully saturated rings. The lowest BCUT2D eigenvalue weighted by Gasteiger charge is -2.12. The third kappa shape index (κ3) is 4.46. The Morgan fingerprint density at radius 3 is 3.00 bits per heavy atom. The second-order valence-corrected chi connectivity index (χ2v) is 4.84. The number of nitrogens with one attached hydrogen (secondary N) is 1. The number of aliphatic hydroxyl groups is 1. The number of benzene rings is 1. The molecule has 2 aromatic rings. The van der Waals surface area contributed by atoms with E-state index in [4.69, 9.17) is 9.84 Å². The lowest BCUT2D eigenvalue weighted by molar-refractivity contribution is 0.276. The van der Waals surface area contributed by atoms with E-state index in [1.807, 2.05) is 38.2 Å². The van der Waals surface area contributed by atoms with Gasteiger partial charge >= 0.3 is 0 Å². The lowest BCUT2D eigenvalue weighted by Crippen LogP contribution is -2.03. The van der Waals surface area contributed by atoms with Crippen molar-refractivity contribution in [2.75, 3.05) is 18.5 Å². The third-order valence-electron chi connectivity index (χ3n) is 3.03. The maximum atomic E-state index is 8.80. The normalized spacial score (nSPS) is 10.6. The van der Waals surface area contributed by atoms with E-state index >= 15 is 0 Å². The molecule has 0 aliphatic heterocycles. The minimum Gasteiger partial charge on any atom is -0.492 e. The van der Waals surface area contributed by atoms with Crippen molar-refractivity contribution in [2.45, 2.75) is 33.4 Å². The van der Waals surface area contributed by atoms with Crippen LogP contribution in [0.25, 0.3) is 0 Å². The highest BCUT2D eigenvalue weighted by molar-refractivity contribution is 5.57. The van der Waals surface area contributed by atoms with Crippen LogP contribution in [0.15, 0.2) is 24.4 Å². The van der Waals surface area contributed by atoms with Gasteiger partial charge in [0.15, 0.2) is 0 Å². The fraction of sp³-hybridized carbons (Fsp3) is 0.467. The molecule has 1 aromatic carbocycles. The molecule has 6 nitrogen and oxygen atoms in total. The summed E-state index contributed by atoms with van der Waals surface area (Å²) in [6, 6.07) is 6.07. The molecule has 114 valence electrons. The van der Waals surface area contributed by atoms with Crippen LogP contribution in [0.1, 0.15) is 24.6 Å². The topological polar surface area (TPSA) is 72.2 Å². The zero-order chi connectivity index (χ0) is 15.1. The average Bonchev–Trinajstić information content (AvgIpc) is 2.92. The Morgan fingerprint density at radius 2 is 2.24 bits per heavy atom. The summed E-state index contributed by atoms with van der Waals surface area (Å²) < 4.78 is 7.37. The summed E-state index contributed by atoms with van der Waals surface area (Å²) in [6.45, 7) is 6.07. The molecule has 1 heterocycles. The Hall–Kier alpha value is -2.08. The predicted octanol–water partition coefficient (Wildman–Crippen LogP) is 1.98. The number of nitrogens with zero attached hydrogens (tertiary/aromatic N) is 3. The Morgan fingerprint density at radius 1 is 1.38 bits per heavy atom. The van der Waals surface area contributed by atoms with E-state index in [1.54, 1.807) is 4.68 Å². The summed E-state index contributed by atoms with van der Waals surface area (Å²) in [6.07, 6.45) is 2.57. The van der Waals surface area contributed by atoms with Gasteiger partial charge in [0.05, 0.1) is 25.0 Å². The Bertz CT molecular complexity index is 569. The van der Waals surface area contributed by atoms with Gasteiger partial charge in [-0.05, 0) is 38.0 Å². The molecule has 0 aliphatic carbocycles. The molecule has 2 rings (SSSR count). The first-order chi connectivity index (χ1) is 10.2. The number of aliphatic hydroxyl groups excluding tert-OH is 1. The second-order valence-electron chi connectivity index (χ2n) is 4.84.